The van der Waals surface area contributed by atoms with Gasteiger partial charge in [-0.25, -0.2) is 4.39 Å². The molecule has 1 unspecified atom stereocenters. The summed E-state index contributed by atoms with van der Waals surface area (Å²) < 4.78 is 14.2. The second-order valence-corrected chi connectivity index (χ2v) is 5.13. The highest BCUT2D eigenvalue weighted by molar-refractivity contribution is 5.56. The van der Waals surface area contributed by atoms with Crippen LogP contribution >= 0.6 is 0 Å². The number of rotatable bonds is 6. The lowest BCUT2D eigenvalue weighted by Crippen LogP contribution is -2.31. The van der Waals surface area contributed by atoms with Crippen LogP contribution in [0.3, 0.4) is 0 Å². The lowest BCUT2D eigenvalue weighted by atomic mass is 10.1. The van der Waals surface area contributed by atoms with Gasteiger partial charge in [0.1, 0.15) is 5.82 Å². The Bertz CT molecular complexity index is 411. The second kappa shape index (κ2) is 6.87. The average Bonchev–Trinajstić information content (AvgIpc) is 2.85. The van der Waals surface area contributed by atoms with E-state index in [4.69, 9.17) is 5.11 Å². The predicted molar refractivity (Wildman–Crippen MR) is 75.9 cm³/mol. The fourth-order valence-electron chi connectivity index (χ4n) is 2.97. The van der Waals surface area contributed by atoms with E-state index in [0.29, 0.717) is 12.6 Å². The molecule has 2 rings (SSSR count). The Hall–Kier alpha value is -1.13. The van der Waals surface area contributed by atoms with E-state index >= 15 is 0 Å². The number of aliphatic hydroxyl groups is 1. The van der Waals surface area contributed by atoms with Crippen LogP contribution in [0.5, 0.6) is 0 Å². The van der Waals surface area contributed by atoms with Gasteiger partial charge in [-0.3, -0.25) is 0 Å². The number of nitrogens with zero attached hydrogens (tertiary/aromatic N) is 1. The molecule has 4 heteroatoms. The molecule has 1 atom stereocenters. The summed E-state index contributed by atoms with van der Waals surface area (Å²) in [6, 6.07) is 5.65. The van der Waals surface area contributed by atoms with Crippen LogP contribution in [-0.4, -0.2) is 31.3 Å². The first-order chi connectivity index (χ1) is 9.27. The van der Waals surface area contributed by atoms with Gasteiger partial charge in [0.25, 0.3) is 0 Å². The lowest BCUT2D eigenvalue weighted by molar-refractivity contribution is 0.279. The molecule has 2 N–H and O–H groups in total. The van der Waals surface area contributed by atoms with Crippen molar-refractivity contribution in [3.8, 4) is 0 Å². The Balaban J connectivity index is 2.23. The number of aliphatic hydroxyl groups excluding tert-OH is 1. The van der Waals surface area contributed by atoms with Gasteiger partial charge in [0, 0.05) is 25.7 Å². The smallest absolute Gasteiger partial charge is 0.146 e. The molecule has 1 fully saturated rings. The fourth-order valence-corrected chi connectivity index (χ4v) is 2.97. The van der Waals surface area contributed by atoms with Gasteiger partial charge >= 0.3 is 0 Å². The van der Waals surface area contributed by atoms with Gasteiger partial charge in [0.15, 0.2) is 0 Å². The average molecular weight is 266 g/mol. The van der Waals surface area contributed by atoms with Gasteiger partial charge in [-0.1, -0.05) is 12.1 Å². The monoisotopic (exact) mass is 266 g/mol. The first-order valence-electron chi connectivity index (χ1n) is 7.07. The highest BCUT2D eigenvalue weighted by Crippen LogP contribution is 2.32. The van der Waals surface area contributed by atoms with E-state index in [1.165, 1.54) is 6.07 Å². The van der Waals surface area contributed by atoms with E-state index in [-0.39, 0.29) is 12.4 Å². The number of benzene rings is 1. The molecule has 0 radical (unpaired) electrons. The molecule has 1 aromatic carbocycles. The van der Waals surface area contributed by atoms with E-state index in [1.807, 2.05) is 13.1 Å². The van der Waals surface area contributed by atoms with Crippen molar-refractivity contribution < 1.29 is 9.50 Å². The first-order valence-corrected chi connectivity index (χ1v) is 7.07. The molecule has 0 bridgehead atoms. The van der Waals surface area contributed by atoms with Gasteiger partial charge in [0.05, 0.1) is 5.69 Å². The maximum atomic E-state index is 14.2. The lowest BCUT2D eigenvalue weighted by Gasteiger charge is -2.29. The van der Waals surface area contributed by atoms with Gasteiger partial charge < -0.3 is 15.3 Å². The molecule has 0 aliphatic carbocycles. The largest absolute Gasteiger partial charge is 0.396 e. The molecule has 0 amide bonds. The molecule has 1 saturated heterocycles. The number of nitrogens with one attached hydrogen (secondary N) is 1. The SMILES string of the molecule is CNCc1cccc(F)c1N1CCCC1CCCO. The molecular formula is C15H23FN2O. The third-order valence-corrected chi connectivity index (χ3v) is 3.80. The minimum absolute atomic E-state index is 0.136. The molecular weight excluding hydrogens is 243 g/mol. The van der Waals surface area contributed by atoms with E-state index in [1.54, 1.807) is 6.07 Å². The molecule has 1 heterocycles. The molecule has 1 aliphatic heterocycles. The summed E-state index contributed by atoms with van der Waals surface area (Å²) in [5.41, 5.74) is 1.76. The van der Waals surface area contributed by atoms with E-state index in [9.17, 15) is 4.39 Å². The van der Waals surface area contributed by atoms with Crippen molar-refractivity contribution in [2.75, 3.05) is 25.1 Å². The van der Waals surface area contributed by atoms with Crippen LogP contribution in [0.15, 0.2) is 18.2 Å². The summed E-state index contributed by atoms with van der Waals surface area (Å²) in [4.78, 5) is 2.19. The normalized spacial score (nSPS) is 19.1. The number of anilines is 1. The molecule has 0 spiro atoms. The second-order valence-electron chi connectivity index (χ2n) is 5.13. The number of hydrogen-bond donors (Lipinski definition) is 2. The minimum Gasteiger partial charge on any atom is -0.396 e. The molecule has 19 heavy (non-hydrogen) atoms. The topological polar surface area (TPSA) is 35.5 Å². The zero-order chi connectivity index (χ0) is 13.7. The van der Waals surface area contributed by atoms with E-state index < -0.39 is 0 Å². The highest BCUT2D eigenvalue weighted by atomic mass is 19.1. The van der Waals surface area contributed by atoms with Crippen molar-refractivity contribution in [2.45, 2.75) is 38.3 Å². The van der Waals surface area contributed by atoms with Crippen molar-refractivity contribution in [3.05, 3.63) is 29.6 Å². The molecule has 3 nitrogen and oxygen atoms in total. The minimum atomic E-state index is -0.136. The Morgan fingerprint density at radius 3 is 3.05 bits per heavy atom. The Kier molecular flexibility index (Phi) is 5.16. The third kappa shape index (κ3) is 3.25. The van der Waals surface area contributed by atoms with Crippen LogP contribution < -0.4 is 10.2 Å². The predicted octanol–water partition coefficient (Wildman–Crippen LogP) is 2.29. The summed E-state index contributed by atoms with van der Waals surface area (Å²) in [7, 11) is 1.88. The zero-order valence-corrected chi connectivity index (χ0v) is 11.5. The van der Waals surface area contributed by atoms with Crippen molar-refractivity contribution in [3.63, 3.8) is 0 Å². The van der Waals surface area contributed by atoms with E-state index in [0.717, 1.165) is 43.5 Å². The van der Waals surface area contributed by atoms with Crippen LogP contribution in [0.2, 0.25) is 0 Å². The summed E-state index contributed by atoms with van der Waals surface area (Å²) in [5, 5.41) is 12.1. The Labute approximate surface area is 114 Å². The summed E-state index contributed by atoms with van der Waals surface area (Å²) in [6.07, 6.45) is 3.91. The third-order valence-electron chi connectivity index (χ3n) is 3.80. The fraction of sp³-hybridized carbons (Fsp3) is 0.600. The Morgan fingerprint density at radius 2 is 2.32 bits per heavy atom. The maximum absolute atomic E-state index is 14.2. The zero-order valence-electron chi connectivity index (χ0n) is 11.5. The van der Waals surface area contributed by atoms with Crippen LogP contribution in [0.25, 0.3) is 0 Å². The number of halogens is 1. The quantitative estimate of drug-likeness (QED) is 0.829. The van der Waals surface area contributed by atoms with Crippen LogP contribution in [0, 0.1) is 5.82 Å². The highest BCUT2D eigenvalue weighted by Gasteiger charge is 2.27. The molecule has 0 aromatic heterocycles. The van der Waals surface area contributed by atoms with Gasteiger partial charge in [0.2, 0.25) is 0 Å². The number of hydrogen-bond acceptors (Lipinski definition) is 3. The summed E-state index contributed by atoms with van der Waals surface area (Å²) in [5.74, 6) is -0.136. The first kappa shape index (κ1) is 14.3. The molecule has 1 aliphatic rings. The van der Waals surface area contributed by atoms with Crippen molar-refractivity contribution in [1.29, 1.82) is 0 Å². The van der Waals surface area contributed by atoms with Crippen LogP contribution in [0.4, 0.5) is 10.1 Å². The molecule has 0 saturated carbocycles. The molecule has 106 valence electrons. The van der Waals surface area contributed by atoms with Gasteiger partial charge in [-0.2, -0.15) is 0 Å². The van der Waals surface area contributed by atoms with Gasteiger partial charge in [-0.05, 0) is 44.4 Å². The van der Waals surface area contributed by atoms with Gasteiger partial charge in [-0.15, -0.1) is 0 Å². The van der Waals surface area contributed by atoms with Crippen molar-refractivity contribution in [2.24, 2.45) is 0 Å². The maximum Gasteiger partial charge on any atom is 0.146 e. The van der Waals surface area contributed by atoms with Crippen LogP contribution in [-0.2, 0) is 6.54 Å². The summed E-state index contributed by atoms with van der Waals surface area (Å²) >= 11 is 0. The summed E-state index contributed by atoms with van der Waals surface area (Å²) in [6.45, 7) is 1.80. The molecule has 1 aromatic rings. The van der Waals surface area contributed by atoms with E-state index in [2.05, 4.69) is 10.2 Å². The standard InChI is InChI=1S/C15H23FN2O/c1-17-11-12-5-2-8-14(16)15(12)18-9-3-6-13(18)7-4-10-19/h2,5,8,13,17,19H,3-4,6-7,9-11H2,1H3. The number of para-hydroxylation sites is 1. The van der Waals surface area contributed by atoms with Crippen molar-refractivity contribution in [1.82, 2.24) is 5.32 Å². The Morgan fingerprint density at radius 1 is 1.47 bits per heavy atom. The van der Waals surface area contributed by atoms with Crippen LogP contribution in [0.1, 0.15) is 31.2 Å². The van der Waals surface area contributed by atoms with Crippen molar-refractivity contribution >= 4 is 5.69 Å².